The zero-order chi connectivity index (χ0) is 27.0. The second kappa shape index (κ2) is 8.06. The van der Waals surface area contributed by atoms with E-state index in [2.05, 4.69) is 10.3 Å². The lowest BCUT2D eigenvalue weighted by Gasteiger charge is -2.29. The number of imidazole rings is 1. The molecule has 0 amide bonds. The van der Waals surface area contributed by atoms with Crippen molar-refractivity contribution in [2.24, 2.45) is 7.05 Å². The second-order valence-electron chi connectivity index (χ2n) is 9.77. The summed E-state index contributed by atoms with van der Waals surface area (Å²) in [6.07, 6.45) is 1.21. The lowest BCUT2D eigenvalue weighted by Crippen LogP contribution is -2.41. The van der Waals surface area contributed by atoms with Crippen molar-refractivity contribution in [3.05, 3.63) is 69.9 Å². The quantitative estimate of drug-likeness (QED) is 0.280. The maximum absolute atomic E-state index is 14.0. The van der Waals surface area contributed by atoms with Gasteiger partial charge in [-0.3, -0.25) is 14.4 Å². The normalized spacial score (nSPS) is 20.8. The molecule has 5 rings (SSSR count). The van der Waals surface area contributed by atoms with E-state index >= 15 is 0 Å². The van der Waals surface area contributed by atoms with E-state index in [1.807, 2.05) is 42.8 Å². The maximum Gasteiger partial charge on any atom is 0.194 e. The number of phenols is 2. The van der Waals surface area contributed by atoms with E-state index in [1.54, 1.807) is 13.8 Å². The van der Waals surface area contributed by atoms with Gasteiger partial charge in [0.1, 0.15) is 39.8 Å². The lowest BCUT2D eigenvalue weighted by atomic mass is 9.70. The van der Waals surface area contributed by atoms with Gasteiger partial charge in [-0.1, -0.05) is 12.1 Å². The summed E-state index contributed by atoms with van der Waals surface area (Å²) >= 11 is 0. The molecule has 2 atom stereocenters. The number of aromatic nitrogens is 2. The highest BCUT2D eigenvalue weighted by molar-refractivity contribution is 6.31. The van der Waals surface area contributed by atoms with Gasteiger partial charge < -0.3 is 24.8 Å². The fourth-order valence-electron chi connectivity index (χ4n) is 5.38. The van der Waals surface area contributed by atoms with Gasteiger partial charge in [0, 0.05) is 24.4 Å². The van der Waals surface area contributed by atoms with Crippen molar-refractivity contribution in [2.75, 3.05) is 0 Å². The first-order valence-corrected chi connectivity index (χ1v) is 11.9. The van der Waals surface area contributed by atoms with Gasteiger partial charge in [0.15, 0.2) is 17.3 Å². The molecular formula is C28H27N3O6. The SMILES string of the molecule is CC(=O)c1c(O)c(C)c(O)c2c1OC1=CC(=O)C(=C(C)NC(C)c3nc4ccccc4n3C)C(=O)C12C. The number of ether oxygens (including phenoxy) is 1. The van der Waals surface area contributed by atoms with Crippen LogP contribution in [0.15, 0.2) is 47.4 Å². The van der Waals surface area contributed by atoms with Gasteiger partial charge in [0.2, 0.25) is 0 Å². The number of ketones is 3. The number of para-hydroxylation sites is 2. The first-order chi connectivity index (χ1) is 17.4. The number of phenolic OH excluding ortho intramolecular Hbond substituents is 2. The van der Waals surface area contributed by atoms with E-state index in [0.29, 0.717) is 5.70 Å². The van der Waals surface area contributed by atoms with Crippen LogP contribution in [0.3, 0.4) is 0 Å². The summed E-state index contributed by atoms with van der Waals surface area (Å²) in [5, 5.41) is 24.7. The van der Waals surface area contributed by atoms with E-state index in [4.69, 9.17) is 4.74 Å². The summed E-state index contributed by atoms with van der Waals surface area (Å²) < 4.78 is 7.76. The minimum Gasteiger partial charge on any atom is -0.507 e. The van der Waals surface area contributed by atoms with Crippen molar-refractivity contribution >= 4 is 28.4 Å². The van der Waals surface area contributed by atoms with Crippen LogP contribution in [0.2, 0.25) is 0 Å². The molecule has 0 fully saturated rings. The summed E-state index contributed by atoms with van der Waals surface area (Å²) in [5.41, 5.74) is 0.466. The first kappa shape index (κ1) is 24.3. The Balaban J connectivity index is 1.61. The number of fused-ring (bicyclic) bond motifs is 4. The van der Waals surface area contributed by atoms with Gasteiger partial charge in [0.25, 0.3) is 0 Å². The van der Waals surface area contributed by atoms with E-state index in [9.17, 15) is 24.6 Å². The molecule has 1 aliphatic carbocycles. The van der Waals surface area contributed by atoms with Crippen molar-refractivity contribution in [1.82, 2.24) is 14.9 Å². The average molecular weight is 502 g/mol. The number of nitrogens with zero attached hydrogens (tertiary/aromatic N) is 2. The Morgan fingerprint density at radius 3 is 2.49 bits per heavy atom. The highest BCUT2D eigenvalue weighted by Crippen LogP contribution is 2.57. The number of Topliss-reactive ketones (excluding diaryl/α,β-unsaturated/α-hetero) is 2. The van der Waals surface area contributed by atoms with Crippen LogP contribution in [0.4, 0.5) is 0 Å². The Hall–Kier alpha value is -4.40. The Kier molecular flexibility index (Phi) is 5.29. The molecule has 9 heteroatoms. The predicted octanol–water partition coefficient (Wildman–Crippen LogP) is 3.81. The Bertz CT molecular complexity index is 1630. The molecule has 3 aromatic rings. The fraction of sp³-hybridized carbons (Fsp3) is 0.286. The average Bonchev–Trinajstić information content (AvgIpc) is 3.32. The number of hydrogen-bond acceptors (Lipinski definition) is 8. The molecule has 1 aromatic heterocycles. The standard InChI is InChI=1S/C28H27N3O6/c1-12-23(34)21(15(4)32)25-22(24(12)35)28(5)19(37-25)11-18(33)20(26(28)36)13(2)29-14(3)27-30-16-9-7-8-10-17(16)31(27)6/h7-11,14,29,34-35H,1-6H3. The molecule has 190 valence electrons. The molecule has 2 aliphatic rings. The molecule has 3 N–H and O–H groups in total. The number of aromatic hydroxyl groups is 2. The van der Waals surface area contributed by atoms with Crippen LogP contribution < -0.4 is 10.1 Å². The number of hydrogen-bond donors (Lipinski definition) is 3. The Morgan fingerprint density at radius 2 is 1.84 bits per heavy atom. The van der Waals surface area contributed by atoms with Gasteiger partial charge in [-0.05, 0) is 46.8 Å². The maximum atomic E-state index is 14.0. The number of aryl methyl sites for hydroxylation is 1. The predicted molar refractivity (Wildman–Crippen MR) is 136 cm³/mol. The Labute approximate surface area is 213 Å². The van der Waals surface area contributed by atoms with E-state index in [-0.39, 0.29) is 45.6 Å². The number of rotatable bonds is 4. The number of allylic oxidation sites excluding steroid dienone is 4. The number of carbonyl (C=O) groups is 3. The molecule has 0 spiro atoms. The van der Waals surface area contributed by atoms with Gasteiger partial charge in [0.05, 0.1) is 28.2 Å². The molecule has 0 saturated carbocycles. The molecule has 0 saturated heterocycles. The number of carbonyl (C=O) groups excluding carboxylic acids is 3. The molecule has 0 bridgehead atoms. The zero-order valence-electron chi connectivity index (χ0n) is 21.4. The third-order valence-electron chi connectivity index (χ3n) is 7.40. The molecule has 0 radical (unpaired) electrons. The molecular weight excluding hydrogens is 474 g/mol. The summed E-state index contributed by atoms with van der Waals surface area (Å²) in [6.45, 7) is 7.77. The summed E-state index contributed by atoms with van der Waals surface area (Å²) in [5.74, 6) is -1.79. The highest BCUT2D eigenvalue weighted by Gasteiger charge is 2.56. The summed E-state index contributed by atoms with van der Waals surface area (Å²) in [4.78, 5) is 44.2. The van der Waals surface area contributed by atoms with Gasteiger partial charge in [-0.2, -0.15) is 0 Å². The minimum atomic E-state index is -1.56. The minimum absolute atomic E-state index is 0.000231. The largest absolute Gasteiger partial charge is 0.507 e. The number of benzene rings is 2. The van der Waals surface area contributed by atoms with Crippen LogP contribution in [0.25, 0.3) is 11.0 Å². The molecule has 2 aromatic carbocycles. The lowest BCUT2D eigenvalue weighted by molar-refractivity contribution is -0.123. The molecule has 37 heavy (non-hydrogen) atoms. The van der Waals surface area contributed by atoms with Gasteiger partial charge in [-0.25, -0.2) is 4.98 Å². The van der Waals surface area contributed by atoms with Crippen molar-refractivity contribution < 1.29 is 29.3 Å². The van der Waals surface area contributed by atoms with Crippen molar-refractivity contribution in [2.45, 2.75) is 46.1 Å². The summed E-state index contributed by atoms with van der Waals surface area (Å²) in [7, 11) is 1.90. The van der Waals surface area contributed by atoms with Gasteiger partial charge in [-0.15, -0.1) is 0 Å². The third-order valence-corrected chi connectivity index (χ3v) is 7.40. The van der Waals surface area contributed by atoms with Crippen LogP contribution in [-0.2, 0) is 22.1 Å². The van der Waals surface area contributed by atoms with E-state index < -0.39 is 28.5 Å². The molecule has 1 aliphatic heterocycles. The first-order valence-electron chi connectivity index (χ1n) is 11.9. The topological polar surface area (TPSA) is 131 Å². The second-order valence-corrected chi connectivity index (χ2v) is 9.77. The monoisotopic (exact) mass is 501 g/mol. The van der Waals surface area contributed by atoms with E-state index in [1.165, 1.54) is 19.9 Å². The number of nitrogens with one attached hydrogen (secondary N) is 1. The van der Waals surface area contributed by atoms with E-state index in [0.717, 1.165) is 16.9 Å². The van der Waals surface area contributed by atoms with Crippen molar-refractivity contribution in [3.63, 3.8) is 0 Å². The zero-order valence-corrected chi connectivity index (χ0v) is 21.4. The smallest absolute Gasteiger partial charge is 0.194 e. The van der Waals surface area contributed by atoms with Crippen LogP contribution in [0.5, 0.6) is 17.2 Å². The molecule has 2 heterocycles. The van der Waals surface area contributed by atoms with Gasteiger partial charge >= 0.3 is 0 Å². The molecule has 2 unspecified atom stereocenters. The van der Waals surface area contributed by atoms with Crippen LogP contribution >= 0.6 is 0 Å². The summed E-state index contributed by atoms with van der Waals surface area (Å²) in [6, 6.07) is 7.37. The van der Waals surface area contributed by atoms with Crippen LogP contribution in [0.1, 0.15) is 61.0 Å². The van der Waals surface area contributed by atoms with Crippen molar-refractivity contribution in [3.8, 4) is 17.2 Å². The Morgan fingerprint density at radius 1 is 1.16 bits per heavy atom. The third kappa shape index (κ3) is 3.23. The van der Waals surface area contributed by atoms with Crippen molar-refractivity contribution in [1.29, 1.82) is 0 Å². The highest BCUT2D eigenvalue weighted by atomic mass is 16.5. The van der Waals surface area contributed by atoms with Crippen LogP contribution in [-0.4, -0.2) is 37.1 Å². The molecule has 9 nitrogen and oxygen atoms in total. The fourth-order valence-corrected chi connectivity index (χ4v) is 5.38. The van der Waals surface area contributed by atoms with Crippen LogP contribution in [0, 0.1) is 6.92 Å².